The Morgan fingerprint density at radius 3 is 2.74 bits per heavy atom. The Hall–Kier alpha value is -1.46. The molecular weight excluding hydrogens is 293 g/mol. The highest BCUT2D eigenvalue weighted by Gasteiger charge is 2.45. The van der Waals surface area contributed by atoms with E-state index in [-0.39, 0.29) is 11.7 Å². The van der Waals surface area contributed by atoms with Crippen molar-refractivity contribution in [3.05, 3.63) is 35.6 Å². The Labute approximate surface area is 137 Å². The number of piperazine rings is 1. The normalized spacial score (nSPS) is 20.7. The van der Waals surface area contributed by atoms with Gasteiger partial charge in [-0.2, -0.15) is 0 Å². The number of carbonyl (C=O) groups excluding carboxylic acids is 1. The molecule has 0 radical (unpaired) electrons. The number of hydrogen-bond donors (Lipinski definition) is 2. The summed E-state index contributed by atoms with van der Waals surface area (Å²) in [6, 6.07) is 6.52. The molecule has 2 aliphatic rings. The maximum atomic E-state index is 13.5. The average molecular weight is 319 g/mol. The van der Waals surface area contributed by atoms with Crippen molar-refractivity contribution < 1.29 is 9.18 Å². The van der Waals surface area contributed by atoms with Gasteiger partial charge in [0.1, 0.15) is 5.82 Å². The van der Waals surface area contributed by atoms with E-state index in [0.29, 0.717) is 6.54 Å². The van der Waals surface area contributed by atoms with Crippen molar-refractivity contribution in [2.45, 2.75) is 31.1 Å². The molecule has 0 atom stereocenters. The number of halogens is 1. The minimum absolute atomic E-state index is 0.0645. The highest BCUT2D eigenvalue weighted by atomic mass is 19.1. The molecule has 2 fully saturated rings. The van der Waals surface area contributed by atoms with Crippen LogP contribution in [-0.4, -0.2) is 50.1 Å². The molecule has 1 saturated heterocycles. The summed E-state index contributed by atoms with van der Waals surface area (Å²) >= 11 is 0. The highest BCUT2D eigenvalue weighted by Crippen LogP contribution is 2.44. The molecule has 1 amide bonds. The van der Waals surface area contributed by atoms with Crippen molar-refractivity contribution in [2.75, 3.05) is 39.3 Å². The minimum atomic E-state index is -0.503. The Morgan fingerprint density at radius 2 is 2.09 bits per heavy atom. The number of amides is 1. The van der Waals surface area contributed by atoms with Crippen molar-refractivity contribution in [1.82, 2.24) is 15.5 Å². The van der Waals surface area contributed by atoms with Crippen LogP contribution < -0.4 is 10.6 Å². The van der Waals surface area contributed by atoms with E-state index < -0.39 is 5.41 Å². The Bertz CT molecular complexity index is 539. The Morgan fingerprint density at radius 1 is 1.30 bits per heavy atom. The van der Waals surface area contributed by atoms with Crippen molar-refractivity contribution in [1.29, 1.82) is 0 Å². The summed E-state index contributed by atoms with van der Waals surface area (Å²) in [5.41, 5.74) is 0.320. The van der Waals surface area contributed by atoms with Gasteiger partial charge in [0.05, 0.1) is 5.41 Å². The van der Waals surface area contributed by atoms with Crippen LogP contribution in [0, 0.1) is 5.82 Å². The van der Waals surface area contributed by atoms with Crippen LogP contribution in [0.5, 0.6) is 0 Å². The lowest BCUT2D eigenvalue weighted by atomic mass is 9.64. The molecule has 2 N–H and O–H groups in total. The molecule has 4 nitrogen and oxygen atoms in total. The van der Waals surface area contributed by atoms with Crippen molar-refractivity contribution in [3.63, 3.8) is 0 Å². The predicted octanol–water partition coefficient (Wildman–Crippen LogP) is 1.66. The first-order valence-corrected chi connectivity index (χ1v) is 8.68. The van der Waals surface area contributed by atoms with Crippen molar-refractivity contribution in [3.8, 4) is 0 Å². The third-order valence-electron chi connectivity index (χ3n) is 5.17. The molecule has 0 unspecified atom stereocenters. The van der Waals surface area contributed by atoms with E-state index in [1.807, 2.05) is 6.07 Å². The molecule has 0 spiro atoms. The summed E-state index contributed by atoms with van der Waals surface area (Å²) in [6.07, 6.45) is 3.63. The van der Waals surface area contributed by atoms with Gasteiger partial charge in [0.15, 0.2) is 0 Å². The first-order chi connectivity index (χ1) is 11.2. The second-order valence-corrected chi connectivity index (χ2v) is 6.65. The van der Waals surface area contributed by atoms with E-state index in [0.717, 1.165) is 64.0 Å². The van der Waals surface area contributed by atoms with Crippen LogP contribution in [0.1, 0.15) is 31.2 Å². The zero-order valence-corrected chi connectivity index (χ0v) is 13.6. The topological polar surface area (TPSA) is 44.4 Å². The molecule has 5 heteroatoms. The number of benzene rings is 1. The fraction of sp³-hybridized carbons (Fsp3) is 0.611. The molecule has 1 aromatic rings. The van der Waals surface area contributed by atoms with E-state index in [1.54, 1.807) is 6.07 Å². The van der Waals surface area contributed by atoms with Gasteiger partial charge in [-0.1, -0.05) is 18.6 Å². The van der Waals surface area contributed by atoms with Gasteiger partial charge < -0.3 is 15.5 Å². The van der Waals surface area contributed by atoms with Gasteiger partial charge in [-0.05, 0) is 43.5 Å². The van der Waals surface area contributed by atoms with E-state index >= 15 is 0 Å². The Balaban J connectivity index is 1.50. The molecule has 1 saturated carbocycles. The molecule has 1 heterocycles. The van der Waals surface area contributed by atoms with Gasteiger partial charge in [0, 0.05) is 32.7 Å². The average Bonchev–Trinajstić information content (AvgIpc) is 2.52. The van der Waals surface area contributed by atoms with E-state index in [9.17, 15) is 9.18 Å². The first-order valence-electron chi connectivity index (χ1n) is 8.68. The lowest BCUT2D eigenvalue weighted by Gasteiger charge is -2.40. The van der Waals surface area contributed by atoms with Gasteiger partial charge in [0.2, 0.25) is 5.91 Å². The smallest absolute Gasteiger partial charge is 0.230 e. The largest absolute Gasteiger partial charge is 0.355 e. The number of rotatable bonds is 6. The van der Waals surface area contributed by atoms with Gasteiger partial charge in [0.25, 0.3) is 0 Å². The molecule has 126 valence electrons. The van der Waals surface area contributed by atoms with E-state index in [2.05, 4.69) is 15.5 Å². The SMILES string of the molecule is O=C(NCCCN1CCNCC1)C1(c2cccc(F)c2)CCC1. The standard InChI is InChI=1S/C18H26FN3O/c19-16-5-1-4-15(14-16)18(6-2-7-18)17(23)21-8-3-11-22-12-9-20-10-13-22/h1,4-5,14,20H,2-3,6-13H2,(H,21,23). The fourth-order valence-electron chi connectivity index (χ4n) is 3.57. The molecule has 0 aromatic heterocycles. The Kier molecular flexibility index (Phi) is 5.28. The predicted molar refractivity (Wildman–Crippen MR) is 88.9 cm³/mol. The fourth-order valence-corrected chi connectivity index (χ4v) is 3.57. The summed E-state index contributed by atoms with van der Waals surface area (Å²) in [4.78, 5) is 15.1. The maximum absolute atomic E-state index is 13.5. The van der Waals surface area contributed by atoms with Crippen molar-refractivity contribution >= 4 is 5.91 Å². The third-order valence-corrected chi connectivity index (χ3v) is 5.17. The number of nitrogens with zero attached hydrogens (tertiary/aromatic N) is 1. The molecule has 3 rings (SSSR count). The van der Waals surface area contributed by atoms with Crippen LogP contribution >= 0.6 is 0 Å². The van der Waals surface area contributed by atoms with Crippen LogP contribution in [0.4, 0.5) is 4.39 Å². The van der Waals surface area contributed by atoms with E-state index in [4.69, 9.17) is 0 Å². The van der Waals surface area contributed by atoms with Crippen LogP contribution in [0.25, 0.3) is 0 Å². The molecule has 1 aliphatic heterocycles. The van der Waals surface area contributed by atoms with E-state index in [1.165, 1.54) is 12.1 Å². The molecule has 1 aromatic carbocycles. The van der Waals surface area contributed by atoms with Gasteiger partial charge in [-0.15, -0.1) is 0 Å². The second-order valence-electron chi connectivity index (χ2n) is 6.65. The van der Waals surface area contributed by atoms with Gasteiger partial charge in [-0.25, -0.2) is 4.39 Å². The lowest BCUT2D eigenvalue weighted by molar-refractivity contribution is -0.129. The van der Waals surface area contributed by atoms with Gasteiger partial charge in [-0.3, -0.25) is 4.79 Å². The number of carbonyl (C=O) groups is 1. The first kappa shape index (κ1) is 16.4. The number of hydrogen-bond acceptors (Lipinski definition) is 3. The van der Waals surface area contributed by atoms with Crippen molar-refractivity contribution in [2.24, 2.45) is 0 Å². The summed E-state index contributed by atoms with van der Waals surface area (Å²) in [6.45, 7) is 5.99. The van der Waals surface area contributed by atoms with Crippen LogP contribution in [-0.2, 0) is 10.2 Å². The summed E-state index contributed by atoms with van der Waals surface area (Å²) in [5.74, 6) is -0.199. The molecular formula is C18H26FN3O. The highest BCUT2D eigenvalue weighted by molar-refractivity contribution is 5.89. The molecule has 23 heavy (non-hydrogen) atoms. The zero-order chi connectivity index (χ0) is 16.1. The lowest BCUT2D eigenvalue weighted by Crippen LogP contribution is -2.50. The summed E-state index contributed by atoms with van der Waals surface area (Å²) in [5, 5.41) is 6.42. The van der Waals surface area contributed by atoms with Crippen LogP contribution in [0.3, 0.4) is 0 Å². The summed E-state index contributed by atoms with van der Waals surface area (Å²) in [7, 11) is 0. The second kappa shape index (κ2) is 7.41. The third kappa shape index (κ3) is 3.72. The van der Waals surface area contributed by atoms with Gasteiger partial charge >= 0.3 is 0 Å². The molecule has 0 bridgehead atoms. The minimum Gasteiger partial charge on any atom is -0.355 e. The quantitative estimate of drug-likeness (QED) is 0.784. The van der Waals surface area contributed by atoms with Crippen LogP contribution in [0.2, 0.25) is 0 Å². The zero-order valence-electron chi connectivity index (χ0n) is 13.6. The number of nitrogens with one attached hydrogen (secondary N) is 2. The monoisotopic (exact) mass is 319 g/mol. The molecule has 1 aliphatic carbocycles. The maximum Gasteiger partial charge on any atom is 0.230 e. The van der Waals surface area contributed by atoms with Crippen LogP contribution in [0.15, 0.2) is 24.3 Å². The summed E-state index contributed by atoms with van der Waals surface area (Å²) < 4.78 is 13.5.